The van der Waals surface area contributed by atoms with Gasteiger partial charge in [0.2, 0.25) is 0 Å². The summed E-state index contributed by atoms with van der Waals surface area (Å²) in [7, 11) is 2.90. The molecule has 0 amide bonds. The lowest BCUT2D eigenvalue weighted by atomic mass is 10.1. The molecule has 0 aliphatic carbocycles. The lowest BCUT2D eigenvalue weighted by Crippen LogP contribution is -2.29. The maximum absolute atomic E-state index is 12.1. The second kappa shape index (κ2) is 5.73. The molecule has 0 fully saturated rings. The molecular formula is C14H18O5. The zero-order chi connectivity index (χ0) is 14.6. The molecule has 0 aliphatic heterocycles. The Bertz CT molecular complexity index is 485. The minimum atomic E-state index is -0.918. The molecule has 19 heavy (non-hydrogen) atoms. The van der Waals surface area contributed by atoms with Crippen LogP contribution >= 0.6 is 0 Å². The third-order valence-electron chi connectivity index (χ3n) is 2.24. The molecule has 0 spiro atoms. The average molecular weight is 266 g/mol. The van der Waals surface area contributed by atoms with Gasteiger partial charge in [-0.15, -0.1) is 0 Å². The minimum Gasteiger partial charge on any atom is -0.497 e. The van der Waals surface area contributed by atoms with Crippen LogP contribution in [0.2, 0.25) is 0 Å². The van der Waals surface area contributed by atoms with Gasteiger partial charge >= 0.3 is 5.97 Å². The van der Waals surface area contributed by atoms with Crippen molar-refractivity contribution in [2.75, 3.05) is 14.2 Å². The van der Waals surface area contributed by atoms with Crippen molar-refractivity contribution in [2.45, 2.75) is 26.4 Å². The Morgan fingerprint density at radius 2 is 1.68 bits per heavy atom. The number of methoxy groups -OCH3 is 2. The smallest absolute Gasteiger partial charge is 0.380 e. The normalized spacial score (nSPS) is 10.8. The molecule has 104 valence electrons. The first-order chi connectivity index (χ1) is 8.78. The molecule has 5 heteroatoms. The molecule has 0 atom stereocenters. The number of ketones is 1. The van der Waals surface area contributed by atoms with Gasteiger partial charge < -0.3 is 14.2 Å². The quantitative estimate of drug-likeness (QED) is 0.475. The summed E-state index contributed by atoms with van der Waals surface area (Å²) < 4.78 is 15.1. The Hall–Kier alpha value is -2.04. The van der Waals surface area contributed by atoms with Gasteiger partial charge in [0.05, 0.1) is 19.8 Å². The standard InChI is InChI=1S/C14H18O5/c1-14(2,3)19-13(16)12(15)10-8-9(17-4)6-7-11(10)18-5/h6-8H,1-5H3. The minimum absolute atomic E-state index is 0.121. The van der Waals surface area contributed by atoms with Gasteiger partial charge in [-0.1, -0.05) is 0 Å². The summed E-state index contributed by atoms with van der Waals surface area (Å²) in [6, 6.07) is 4.66. The van der Waals surface area contributed by atoms with E-state index in [1.54, 1.807) is 32.9 Å². The highest BCUT2D eigenvalue weighted by atomic mass is 16.6. The van der Waals surface area contributed by atoms with Gasteiger partial charge in [0, 0.05) is 0 Å². The number of rotatable bonds is 4. The summed E-state index contributed by atoms with van der Waals surface area (Å²) in [5.41, 5.74) is -0.602. The summed E-state index contributed by atoms with van der Waals surface area (Å²) >= 11 is 0. The second-order valence-electron chi connectivity index (χ2n) is 4.90. The molecular weight excluding hydrogens is 248 g/mol. The maximum Gasteiger partial charge on any atom is 0.380 e. The Morgan fingerprint density at radius 1 is 1.05 bits per heavy atom. The zero-order valence-electron chi connectivity index (χ0n) is 11.8. The van der Waals surface area contributed by atoms with Crippen LogP contribution in [0.5, 0.6) is 11.5 Å². The van der Waals surface area contributed by atoms with Crippen LogP contribution in [-0.4, -0.2) is 31.6 Å². The lowest BCUT2D eigenvalue weighted by molar-refractivity contribution is -0.148. The maximum atomic E-state index is 12.1. The van der Waals surface area contributed by atoms with Crippen LogP contribution in [0.25, 0.3) is 0 Å². The fourth-order valence-electron chi connectivity index (χ4n) is 1.43. The number of carbonyl (C=O) groups excluding carboxylic acids is 2. The Morgan fingerprint density at radius 3 is 2.16 bits per heavy atom. The van der Waals surface area contributed by atoms with E-state index in [2.05, 4.69) is 0 Å². The van der Waals surface area contributed by atoms with Crippen LogP contribution in [0.15, 0.2) is 18.2 Å². The van der Waals surface area contributed by atoms with Crippen molar-refractivity contribution in [3.63, 3.8) is 0 Å². The SMILES string of the molecule is COc1ccc(OC)c(C(=O)C(=O)OC(C)(C)C)c1. The molecule has 0 heterocycles. The third kappa shape index (κ3) is 3.98. The van der Waals surface area contributed by atoms with E-state index in [9.17, 15) is 9.59 Å². The Kier molecular flexibility index (Phi) is 4.53. The number of ether oxygens (including phenoxy) is 3. The Labute approximate surface area is 112 Å². The van der Waals surface area contributed by atoms with Crippen LogP contribution in [-0.2, 0) is 9.53 Å². The van der Waals surface area contributed by atoms with E-state index in [-0.39, 0.29) is 5.56 Å². The number of esters is 1. The first-order valence-corrected chi connectivity index (χ1v) is 5.78. The van der Waals surface area contributed by atoms with Crippen LogP contribution in [0, 0.1) is 0 Å². The topological polar surface area (TPSA) is 61.8 Å². The molecule has 0 aliphatic rings. The lowest BCUT2D eigenvalue weighted by Gasteiger charge is -2.19. The molecule has 0 aromatic heterocycles. The summed E-state index contributed by atoms with van der Waals surface area (Å²) in [6.45, 7) is 5.09. The highest BCUT2D eigenvalue weighted by Gasteiger charge is 2.26. The van der Waals surface area contributed by atoms with Crippen LogP contribution in [0.4, 0.5) is 0 Å². The molecule has 0 unspecified atom stereocenters. The Balaban J connectivity index is 3.07. The van der Waals surface area contributed by atoms with Crippen molar-refractivity contribution in [1.29, 1.82) is 0 Å². The van der Waals surface area contributed by atoms with E-state index in [1.165, 1.54) is 20.3 Å². The molecule has 5 nitrogen and oxygen atoms in total. The largest absolute Gasteiger partial charge is 0.497 e. The van der Waals surface area contributed by atoms with Crippen molar-refractivity contribution >= 4 is 11.8 Å². The van der Waals surface area contributed by atoms with Crippen LogP contribution < -0.4 is 9.47 Å². The molecule has 1 aromatic carbocycles. The third-order valence-corrected chi connectivity index (χ3v) is 2.24. The van der Waals surface area contributed by atoms with Crippen molar-refractivity contribution in [1.82, 2.24) is 0 Å². The van der Waals surface area contributed by atoms with Gasteiger partial charge in [-0.25, -0.2) is 4.79 Å². The summed E-state index contributed by atoms with van der Waals surface area (Å²) in [5, 5.41) is 0. The van der Waals surface area contributed by atoms with E-state index < -0.39 is 17.4 Å². The van der Waals surface area contributed by atoms with Gasteiger partial charge in [-0.05, 0) is 39.0 Å². The van der Waals surface area contributed by atoms with Gasteiger partial charge in [0.15, 0.2) is 0 Å². The molecule has 0 N–H and O–H groups in total. The van der Waals surface area contributed by atoms with Gasteiger partial charge in [-0.2, -0.15) is 0 Å². The van der Waals surface area contributed by atoms with E-state index >= 15 is 0 Å². The molecule has 0 radical (unpaired) electrons. The monoisotopic (exact) mass is 266 g/mol. The fraction of sp³-hybridized carbons (Fsp3) is 0.429. The van der Waals surface area contributed by atoms with Crippen molar-refractivity contribution < 1.29 is 23.8 Å². The summed E-state index contributed by atoms with van der Waals surface area (Å²) in [5.74, 6) is -0.908. The highest BCUT2D eigenvalue weighted by molar-refractivity contribution is 6.41. The highest BCUT2D eigenvalue weighted by Crippen LogP contribution is 2.25. The van der Waals surface area contributed by atoms with E-state index in [0.717, 1.165) is 0 Å². The summed E-state index contributed by atoms with van der Waals surface area (Å²) in [4.78, 5) is 23.8. The second-order valence-corrected chi connectivity index (χ2v) is 4.90. The number of benzene rings is 1. The van der Waals surface area contributed by atoms with E-state index in [1.807, 2.05) is 0 Å². The molecule has 1 aromatic rings. The first-order valence-electron chi connectivity index (χ1n) is 5.78. The number of hydrogen-bond acceptors (Lipinski definition) is 5. The van der Waals surface area contributed by atoms with Crippen molar-refractivity contribution in [2.24, 2.45) is 0 Å². The van der Waals surface area contributed by atoms with Crippen molar-refractivity contribution in [3.8, 4) is 11.5 Å². The van der Waals surface area contributed by atoms with Gasteiger partial charge in [-0.3, -0.25) is 4.79 Å². The molecule has 0 saturated heterocycles. The zero-order valence-corrected chi connectivity index (χ0v) is 11.8. The predicted molar refractivity (Wildman–Crippen MR) is 69.7 cm³/mol. The average Bonchev–Trinajstić information content (AvgIpc) is 2.35. The molecule has 0 bridgehead atoms. The fourth-order valence-corrected chi connectivity index (χ4v) is 1.43. The van der Waals surface area contributed by atoms with Gasteiger partial charge in [0.1, 0.15) is 17.1 Å². The molecule has 0 saturated carbocycles. The van der Waals surface area contributed by atoms with Crippen LogP contribution in [0.1, 0.15) is 31.1 Å². The number of hydrogen-bond donors (Lipinski definition) is 0. The number of Topliss-reactive ketones (excluding diaryl/α,β-unsaturated/α-hetero) is 1. The van der Waals surface area contributed by atoms with E-state index in [4.69, 9.17) is 14.2 Å². The summed E-state index contributed by atoms with van der Waals surface area (Å²) in [6.07, 6.45) is 0. The van der Waals surface area contributed by atoms with Crippen molar-refractivity contribution in [3.05, 3.63) is 23.8 Å². The molecule has 1 rings (SSSR count). The first kappa shape index (κ1) is 15.0. The van der Waals surface area contributed by atoms with Gasteiger partial charge in [0.25, 0.3) is 5.78 Å². The van der Waals surface area contributed by atoms with Crippen LogP contribution in [0.3, 0.4) is 0 Å². The number of carbonyl (C=O) groups is 2. The van der Waals surface area contributed by atoms with E-state index in [0.29, 0.717) is 11.5 Å². The predicted octanol–water partition coefficient (Wildman–Crippen LogP) is 2.23.